The highest BCUT2D eigenvalue weighted by Gasteiger charge is 2.38. The number of H-pyrrole nitrogens is 1. The van der Waals surface area contributed by atoms with E-state index in [1.807, 2.05) is 13.8 Å². The molecule has 1 atom stereocenters. The Morgan fingerprint density at radius 2 is 2.23 bits per heavy atom. The SMILES string of the molecule is CCOc1cc(C2C(C#N)=C(N)Oc3n[nH]c(C(C)C)c32)cc([N+](=O)[O-])c1OC(=O)c1cccs1. The van der Waals surface area contributed by atoms with Crippen molar-refractivity contribution in [2.24, 2.45) is 5.73 Å². The van der Waals surface area contributed by atoms with Gasteiger partial charge < -0.3 is 19.9 Å². The van der Waals surface area contributed by atoms with Crippen molar-refractivity contribution in [1.29, 1.82) is 5.26 Å². The molecule has 1 unspecified atom stereocenters. The molecule has 3 aromatic rings. The van der Waals surface area contributed by atoms with Gasteiger partial charge in [0.25, 0.3) is 0 Å². The van der Waals surface area contributed by atoms with Gasteiger partial charge >= 0.3 is 11.7 Å². The summed E-state index contributed by atoms with van der Waals surface area (Å²) in [6.07, 6.45) is 0. The molecule has 2 aromatic heterocycles. The molecule has 4 rings (SSSR count). The quantitative estimate of drug-likeness (QED) is 0.210. The summed E-state index contributed by atoms with van der Waals surface area (Å²) >= 11 is 1.15. The first-order valence-electron chi connectivity index (χ1n) is 10.6. The summed E-state index contributed by atoms with van der Waals surface area (Å²) in [5.74, 6) is -1.89. The molecule has 12 heteroatoms. The highest BCUT2D eigenvalue weighted by Crippen LogP contribution is 2.48. The number of hydrogen-bond acceptors (Lipinski definition) is 10. The Bertz CT molecular complexity index is 1370. The average molecular weight is 496 g/mol. The van der Waals surface area contributed by atoms with Crippen LogP contribution in [0, 0.1) is 21.4 Å². The van der Waals surface area contributed by atoms with E-state index < -0.39 is 22.5 Å². The van der Waals surface area contributed by atoms with E-state index in [2.05, 4.69) is 16.3 Å². The predicted molar refractivity (Wildman–Crippen MR) is 126 cm³/mol. The number of allylic oxidation sites excluding steroid dienone is 1. The molecule has 1 aliphatic rings. The van der Waals surface area contributed by atoms with Gasteiger partial charge in [-0.25, -0.2) is 4.79 Å². The van der Waals surface area contributed by atoms with Gasteiger partial charge in [-0.05, 0) is 35.9 Å². The van der Waals surface area contributed by atoms with Crippen LogP contribution in [0.2, 0.25) is 0 Å². The Morgan fingerprint density at radius 1 is 1.46 bits per heavy atom. The minimum atomic E-state index is -0.820. The monoisotopic (exact) mass is 495 g/mol. The molecule has 3 N–H and O–H groups in total. The number of carbonyl (C=O) groups is 1. The van der Waals surface area contributed by atoms with Gasteiger partial charge in [0.1, 0.15) is 16.5 Å². The first kappa shape index (κ1) is 23.8. The Kier molecular flexibility index (Phi) is 6.44. The minimum Gasteiger partial charge on any atom is -0.490 e. The van der Waals surface area contributed by atoms with Crippen LogP contribution < -0.4 is 19.9 Å². The zero-order valence-corrected chi connectivity index (χ0v) is 19.8. The molecule has 1 aromatic carbocycles. The molecule has 0 amide bonds. The highest BCUT2D eigenvalue weighted by atomic mass is 32.1. The lowest BCUT2D eigenvalue weighted by Gasteiger charge is -2.25. The van der Waals surface area contributed by atoms with Gasteiger partial charge in [0, 0.05) is 11.8 Å². The predicted octanol–water partition coefficient (Wildman–Crippen LogP) is 4.34. The van der Waals surface area contributed by atoms with Gasteiger partial charge in [-0.1, -0.05) is 19.9 Å². The van der Waals surface area contributed by atoms with Gasteiger partial charge in [-0.2, -0.15) is 5.26 Å². The maximum Gasteiger partial charge on any atom is 0.354 e. The number of thiophene rings is 1. The van der Waals surface area contributed by atoms with Crippen LogP contribution in [0.4, 0.5) is 5.69 Å². The van der Waals surface area contributed by atoms with Crippen molar-refractivity contribution in [3.8, 4) is 23.4 Å². The number of nitro groups is 1. The average Bonchev–Trinajstić information content (AvgIpc) is 3.49. The van der Waals surface area contributed by atoms with Crippen LogP contribution >= 0.6 is 11.3 Å². The molecule has 35 heavy (non-hydrogen) atoms. The Morgan fingerprint density at radius 3 is 2.83 bits per heavy atom. The normalized spacial score (nSPS) is 14.8. The molecule has 0 spiro atoms. The lowest BCUT2D eigenvalue weighted by atomic mass is 9.82. The lowest BCUT2D eigenvalue weighted by Crippen LogP contribution is -2.22. The molecule has 11 nitrogen and oxygen atoms in total. The van der Waals surface area contributed by atoms with Gasteiger partial charge in [-0.3, -0.25) is 15.2 Å². The number of nitrogens with zero attached hydrogens (tertiary/aromatic N) is 3. The molecule has 1 aliphatic heterocycles. The number of esters is 1. The third kappa shape index (κ3) is 4.29. The Labute approximate surface area is 203 Å². The molecule has 0 saturated carbocycles. The van der Waals surface area contributed by atoms with Crippen molar-refractivity contribution in [2.75, 3.05) is 6.61 Å². The molecule has 0 saturated heterocycles. The fourth-order valence-electron chi connectivity index (χ4n) is 3.86. The Balaban J connectivity index is 1.93. The van der Waals surface area contributed by atoms with Crippen molar-refractivity contribution in [3.63, 3.8) is 0 Å². The summed E-state index contributed by atoms with van der Waals surface area (Å²) in [4.78, 5) is 24.3. The molecule has 0 fully saturated rings. The van der Waals surface area contributed by atoms with E-state index in [4.69, 9.17) is 19.9 Å². The Hall–Kier alpha value is -4.37. The van der Waals surface area contributed by atoms with E-state index in [1.165, 1.54) is 12.1 Å². The molecule has 0 bridgehead atoms. The number of benzene rings is 1. The third-order valence-electron chi connectivity index (χ3n) is 5.35. The number of nitrogens with two attached hydrogens (primary N) is 1. The number of hydrogen-bond donors (Lipinski definition) is 2. The highest BCUT2D eigenvalue weighted by molar-refractivity contribution is 7.12. The summed E-state index contributed by atoms with van der Waals surface area (Å²) in [7, 11) is 0. The van der Waals surface area contributed by atoms with Gasteiger partial charge in [0.05, 0.1) is 23.0 Å². The second-order valence-electron chi connectivity index (χ2n) is 7.86. The van der Waals surface area contributed by atoms with Crippen LogP contribution in [0.1, 0.15) is 59.1 Å². The number of rotatable bonds is 7. The fourth-order valence-corrected chi connectivity index (χ4v) is 4.45. The van der Waals surface area contributed by atoms with Gasteiger partial charge in [-0.15, -0.1) is 16.4 Å². The first-order valence-corrected chi connectivity index (χ1v) is 11.5. The second-order valence-corrected chi connectivity index (χ2v) is 8.81. The van der Waals surface area contributed by atoms with Crippen LogP contribution in [0.15, 0.2) is 41.1 Å². The number of aromatic amines is 1. The van der Waals surface area contributed by atoms with E-state index in [0.717, 1.165) is 11.3 Å². The fraction of sp³-hybridized carbons (Fsp3) is 0.261. The maximum atomic E-state index is 12.6. The third-order valence-corrected chi connectivity index (χ3v) is 6.20. The van der Waals surface area contributed by atoms with E-state index in [1.54, 1.807) is 24.4 Å². The second kappa shape index (κ2) is 9.47. The largest absolute Gasteiger partial charge is 0.490 e. The lowest BCUT2D eigenvalue weighted by molar-refractivity contribution is -0.385. The van der Waals surface area contributed by atoms with Crippen molar-refractivity contribution in [1.82, 2.24) is 10.2 Å². The number of ether oxygens (including phenoxy) is 3. The van der Waals surface area contributed by atoms with Crippen LogP contribution in [-0.4, -0.2) is 27.7 Å². The summed E-state index contributed by atoms with van der Waals surface area (Å²) in [6.45, 7) is 5.70. The van der Waals surface area contributed by atoms with Gasteiger partial charge in [0.15, 0.2) is 5.75 Å². The number of carbonyl (C=O) groups excluding carboxylic acids is 1. The summed E-state index contributed by atoms with van der Waals surface area (Å²) in [5, 5.41) is 30.7. The molecular formula is C23H21N5O6S. The number of nitrogens with one attached hydrogen (secondary N) is 1. The van der Waals surface area contributed by atoms with Crippen LogP contribution in [-0.2, 0) is 0 Å². The number of fused-ring (bicyclic) bond motifs is 1. The zero-order chi connectivity index (χ0) is 25.3. The van der Waals surface area contributed by atoms with Crippen LogP contribution in [0.5, 0.6) is 17.4 Å². The van der Waals surface area contributed by atoms with Crippen molar-refractivity contribution >= 4 is 23.0 Å². The van der Waals surface area contributed by atoms with E-state index in [0.29, 0.717) is 16.8 Å². The first-order chi connectivity index (χ1) is 16.8. The molecule has 3 heterocycles. The molecular weight excluding hydrogens is 474 g/mol. The summed E-state index contributed by atoms with van der Waals surface area (Å²) < 4.78 is 16.6. The van der Waals surface area contributed by atoms with E-state index in [-0.39, 0.29) is 46.2 Å². The smallest absolute Gasteiger partial charge is 0.354 e. The van der Waals surface area contributed by atoms with Crippen molar-refractivity contribution < 1.29 is 23.9 Å². The van der Waals surface area contributed by atoms with Gasteiger partial charge in [0.2, 0.25) is 17.5 Å². The standard InChI is InChI=1S/C23H21N5O6S/c1-4-32-15-9-12(8-14(28(30)31)20(15)33-23(29)16-6-5-7-35-16)17-13(10-24)21(25)34-22-18(17)19(11(2)3)26-27-22/h5-9,11,17H,4,25H2,1-3H3,(H,26,27). The molecule has 0 aliphatic carbocycles. The summed E-state index contributed by atoms with van der Waals surface area (Å²) in [5.41, 5.74) is 7.17. The summed E-state index contributed by atoms with van der Waals surface area (Å²) in [6, 6.07) is 8.04. The topological polar surface area (TPSA) is 166 Å². The van der Waals surface area contributed by atoms with Crippen LogP contribution in [0.25, 0.3) is 0 Å². The van der Waals surface area contributed by atoms with E-state index in [9.17, 15) is 20.2 Å². The van der Waals surface area contributed by atoms with E-state index >= 15 is 0 Å². The zero-order valence-electron chi connectivity index (χ0n) is 19.0. The minimum absolute atomic E-state index is 0.0138. The molecule has 0 radical (unpaired) electrons. The van der Waals surface area contributed by atoms with Crippen molar-refractivity contribution in [2.45, 2.75) is 32.6 Å². The van der Waals surface area contributed by atoms with Crippen molar-refractivity contribution in [3.05, 3.63) is 72.9 Å². The molecule has 180 valence electrons. The number of nitro benzene ring substituents is 1. The van der Waals surface area contributed by atoms with Crippen LogP contribution in [0.3, 0.4) is 0 Å². The number of nitriles is 1. The maximum absolute atomic E-state index is 12.6. The number of aromatic nitrogens is 2.